The Labute approximate surface area is 203 Å². The molecule has 0 aliphatic heterocycles. The van der Waals surface area contributed by atoms with Gasteiger partial charge in [0.15, 0.2) is 5.82 Å². The summed E-state index contributed by atoms with van der Waals surface area (Å²) in [5.41, 5.74) is 8.85. The van der Waals surface area contributed by atoms with Gasteiger partial charge in [0.05, 0.1) is 22.1 Å². The van der Waals surface area contributed by atoms with Crippen molar-refractivity contribution in [2.75, 3.05) is 33.0 Å². The van der Waals surface area contributed by atoms with E-state index in [1.165, 1.54) is 12.5 Å². The summed E-state index contributed by atoms with van der Waals surface area (Å²) in [6, 6.07) is 10.6. The van der Waals surface area contributed by atoms with E-state index in [0.29, 0.717) is 39.9 Å². The summed E-state index contributed by atoms with van der Waals surface area (Å²) in [5.74, 6) is 0.579. The molecule has 1 atom stereocenters. The molecule has 2 heterocycles. The van der Waals surface area contributed by atoms with Gasteiger partial charge in [-0.15, -0.1) is 0 Å². The summed E-state index contributed by atoms with van der Waals surface area (Å²) < 4.78 is 21.6. The Morgan fingerprint density at radius 1 is 1.20 bits per heavy atom. The van der Waals surface area contributed by atoms with Crippen LogP contribution < -0.4 is 15.8 Å². The fourth-order valence-electron chi connectivity index (χ4n) is 3.97. The number of hydrogen-bond donors (Lipinski definition) is 2. The molecule has 3 N–H and O–H groups in total. The molecule has 0 aliphatic rings. The maximum absolute atomic E-state index is 15.3. The summed E-state index contributed by atoms with van der Waals surface area (Å²) in [4.78, 5) is 19.2. The molecule has 0 spiro atoms. The predicted molar refractivity (Wildman–Crippen MR) is 140 cm³/mol. The number of halogens is 1. The van der Waals surface area contributed by atoms with Crippen molar-refractivity contribution in [1.82, 2.24) is 19.9 Å². The lowest BCUT2D eigenvalue weighted by atomic mass is 10.0. The maximum Gasteiger partial charge on any atom is 0.156 e. The second kappa shape index (κ2) is 10.4. The fraction of sp³-hybridized carbons (Fsp3) is 0.231. The van der Waals surface area contributed by atoms with Crippen LogP contribution >= 0.6 is 0 Å². The monoisotopic (exact) mass is 473 g/mol. The van der Waals surface area contributed by atoms with Crippen LogP contribution in [0.15, 0.2) is 60.1 Å². The molecule has 0 fully saturated rings. The van der Waals surface area contributed by atoms with Crippen LogP contribution in [0, 0.1) is 5.82 Å². The molecule has 2 aromatic carbocycles. The molecule has 0 amide bonds. The van der Waals surface area contributed by atoms with Crippen LogP contribution in [-0.2, 0) is 0 Å². The van der Waals surface area contributed by atoms with Crippen LogP contribution in [-0.4, -0.2) is 59.9 Å². The van der Waals surface area contributed by atoms with Gasteiger partial charge < -0.3 is 20.7 Å². The Kier molecular flexibility index (Phi) is 7.17. The number of likely N-dealkylation sites (N-methyl/N-ethyl adjacent to an activating group) is 1. The summed E-state index contributed by atoms with van der Waals surface area (Å²) in [5, 5.41) is 4.20. The van der Waals surface area contributed by atoms with Crippen molar-refractivity contribution in [3.05, 3.63) is 66.5 Å². The Bertz CT molecular complexity index is 1420. The maximum atomic E-state index is 15.3. The summed E-state index contributed by atoms with van der Waals surface area (Å²) in [6.45, 7) is 2.68. The highest BCUT2D eigenvalue weighted by atomic mass is 19.1. The van der Waals surface area contributed by atoms with Crippen molar-refractivity contribution >= 4 is 45.1 Å². The number of nitrogens with zero attached hydrogens (tertiary/aromatic N) is 5. The SMILES string of the molecule is CN=CC(=CN)c1cc(O[C@H](C)CN(C)C)c2c(Nc3ccc4ncccc4c3F)ncnc2c1. The van der Waals surface area contributed by atoms with Gasteiger partial charge in [-0.2, -0.15) is 0 Å². The van der Waals surface area contributed by atoms with Gasteiger partial charge in [-0.25, -0.2) is 14.4 Å². The zero-order valence-corrected chi connectivity index (χ0v) is 20.2. The van der Waals surface area contributed by atoms with Crippen LogP contribution in [0.25, 0.3) is 27.4 Å². The average Bonchev–Trinajstić information content (AvgIpc) is 2.83. The number of nitrogens with two attached hydrogens (primary N) is 1. The molecule has 0 saturated carbocycles. The number of hydrogen-bond acceptors (Lipinski definition) is 8. The van der Waals surface area contributed by atoms with Crippen molar-refractivity contribution in [1.29, 1.82) is 0 Å². The number of pyridine rings is 1. The Morgan fingerprint density at radius 2 is 2.03 bits per heavy atom. The molecular formula is C26H28FN7O. The first-order valence-corrected chi connectivity index (χ1v) is 11.2. The molecule has 4 aromatic rings. The first-order valence-electron chi connectivity index (χ1n) is 11.2. The van der Waals surface area contributed by atoms with Crippen LogP contribution in [0.3, 0.4) is 0 Å². The minimum atomic E-state index is -0.407. The van der Waals surface area contributed by atoms with Crippen LogP contribution in [0.1, 0.15) is 12.5 Å². The molecule has 0 bridgehead atoms. The zero-order chi connectivity index (χ0) is 24.9. The first-order chi connectivity index (χ1) is 16.9. The Balaban J connectivity index is 1.86. The molecule has 35 heavy (non-hydrogen) atoms. The number of allylic oxidation sites excluding steroid dienone is 1. The smallest absolute Gasteiger partial charge is 0.156 e. The third kappa shape index (κ3) is 5.20. The van der Waals surface area contributed by atoms with Crippen molar-refractivity contribution in [3.8, 4) is 5.75 Å². The Hall–Kier alpha value is -4.11. The third-order valence-electron chi connectivity index (χ3n) is 5.41. The van der Waals surface area contributed by atoms with E-state index >= 15 is 4.39 Å². The number of benzene rings is 2. The van der Waals surface area contributed by atoms with E-state index < -0.39 is 5.82 Å². The minimum absolute atomic E-state index is 0.134. The first kappa shape index (κ1) is 24.0. The molecule has 9 heteroatoms. The summed E-state index contributed by atoms with van der Waals surface area (Å²) in [6.07, 6.45) is 6.09. The number of rotatable bonds is 8. The molecule has 0 saturated heterocycles. The van der Waals surface area contributed by atoms with E-state index in [0.717, 1.165) is 11.1 Å². The lowest BCUT2D eigenvalue weighted by Crippen LogP contribution is -2.28. The van der Waals surface area contributed by atoms with Gasteiger partial charge in [0, 0.05) is 43.2 Å². The quantitative estimate of drug-likeness (QED) is 0.366. The molecule has 2 aromatic heterocycles. The van der Waals surface area contributed by atoms with Gasteiger partial charge in [0.2, 0.25) is 0 Å². The van der Waals surface area contributed by atoms with Crippen LogP contribution in [0.2, 0.25) is 0 Å². The standard InChI is InChI=1S/C26H28FN7O/c1-16(14-34(3)4)35-23-11-17(18(12-28)13-29-2)10-22-24(23)26(32-15-31-22)33-21-8-7-20-19(25(21)27)6-5-9-30-20/h5-13,15-16H,14,28H2,1-4H3,(H,31,32,33)/t16-/m1/s1. The highest BCUT2D eigenvalue weighted by Crippen LogP contribution is 2.36. The van der Waals surface area contributed by atoms with Gasteiger partial charge in [-0.3, -0.25) is 9.98 Å². The van der Waals surface area contributed by atoms with Crippen molar-refractivity contribution < 1.29 is 9.13 Å². The van der Waals surface area contributed by atoms with Gasteiger partial charge >= 0.3 is 0 Å². The number of fused-ring (bicyclic) bond motifs is 2. The van der Waals surface area contributed by atoms with Crippen molar-refractivity contribution in [2.45, 2.75) is 13.0 Å². The van der Waals surface area contributed by atoms with Crippen LogP contribution in [0.5, 0.6) is 5.75 Å². The molecule has 0 radical (unpaired) electrons. The number of aromatic nitrogens is 3. The molecule has 8 nitrogen and oxygen atoms in total. The highest BCUT2D eigenvalue weighted by molar-refractivity contribution is 6.11. The van der Waals surface area contributed by atoms with Gasteiger partial charge in [0.25, 0.3) is 0 Å². The lowest BCUT2D eigenvalue weighted by Gasteiger charge is -2.21. The number of aliphatic imine (C=N–C) groups is 1. The van der Waals surface area contributed by atoms with E-state index in [1.54, 1.807) is 43.7 Å². The summed E-state index contributed by atoms with van der Waals surface area (Å²) >= 11 is 0. The number of nitrogens with one attached hydrogen (secondary N) is 1. The third-order valence-corrected chi connectivity index (χ3v) is 5.41. The largest absolute Gasteiger partial charge is 0.489 e. The molecule has 0 unspecified atom stereocenters. The van der Waals surface area contributed by atoms with Crippen molar-refractivity contribution in [2.24, 2.45) is 10.7 Å². The van der Waals surface area contributed by atoms with Gasteiger partial charge in [-0.05, 0) is 63.0 Å². The van der Waals surface area contributed by atoms with E-state index in [9.17, 15) is 0 Å². The second-order valence-corrected chi connectivity index (χ2v) is 8.41. The average molecular weight is 474 g/mol. The lowest BCUT2D eigenvalue weighted by molar-refractivity contribution is 0.179. The number of anilines is 2. The molecule has 4 rings (SSSR count). The van der Waals surface area contributed by atoms with Gasteiger partial charge in [0.1, 0.15) is 24.0 Å². The molecule has 180 valence electrons. The van der Waals surface area contributed by atoms with E-state index in [-0.39, 0.29) is 11.8 Å². The highest BCUT2D eigenvalue weighted by Gasteiger charge is 2.18. The topological polar surface area (TPSA) is 102 Å². The fourth-order valence-corrected chi connectivity index (χ4v) is 3.97. The van der Waals surface area contributed by atoms with E-state index in [2.05, 4.69) is 25.3 Å². The molecule has 0 aliphatic carbocycles. The second-order valence-electron chi connectivity index (χ2n) is 8.41. The van der Waals surface area contributed by atoms with Gasteiger partial charge in [-0.1, -0.05) is 0 Å². The summed E-state index contributed by atoms with van der Waals surface area (Å²) in [7, 11) is 5.64. The molecular weight excluding hydrogens is 445 g/mol. The van der Waals surface area contributed by atoms with Crippen LogP contribution in [0.4, 0.5) is 15.9 Å². The normalized spacial score (nSPS) is 13.1. The zero-order valence-electron chi connectivity index (χ0n) is 20.2. The minimum Gasteiger partial charge on any atom is -0.489 e. The Morgan fingerprint density at radius 3 is 2.77 bits per heavy atom. The van der Waals surface area contributed by atoms with E-state index in [1.807, 2.05) is 38.1 Å². The predicted octanol–water partition coefficient (Wildman–Crippen LogP) is 4.39. The number of ether oxygens (including phenoxy) is 1. The van der Waals surface area contributed by atoms with E-state index in [4.69, 9.17) is 10.5 Å². The van der Waals surface area contributed by atoms with Crippen molar-refractivity contribution in [3.63, 3.8) is 0 Å².